The molecule has 2 aromatic rings. The van der Waals surface area contributed by atoms with E-state index in [2.05, 4.69) is 10.3 Å². The summed E-state index contributed by atoms with van der Waals surface area (Å²) in [7, 11) is 0. The number of hydrogen-bond acceptors (Lipinski definition) is 4. The summed E-state index contributed by atoms with van der Waals surface area (Å²) in [4.78, 5) is 15.8. The van der Waals surface area contributed by atoms with Crippen molar-refractivity contribution in [2.45, 2.75) is 26.0 Å². The van der Waals surface area contributed by atoms with E-state index in [9.17, 15) is 4.79 Å². The van der Waals surface area contributed by atoms with Gasteiger partial charge in [-0.1, -0.05) is 30.3 Å². The summed E-state index contributed by atoms with van der Waals surface area (Å²) in [5, 5.41) is 3.08. The molecule has 1 atom stereocenters. The van der Waals surface area contributed by atoms with Crippen LogP contribution in [0.1, 0.15) is 25.5 Å². The number of nitrogens with two attached hydrogens (primary N) is 1. The molecule has 5 nitrogen and oxygen atoms in total. The maximum Gasteiger partial charge on any atom is 0.244 e. The fourth-order valence-corrected chi connectivity index (χ4v) is 1.91. The molecule has 0 saturated heterocycles. The van der Waals surface area contributed by atoms with Crippen molar-refractivity contribution in [3.8, 4) is 5.88 Å². The third-order valence-corrected chi connectivity index (χ3v) is 2.82. The molecule has 0 fully saturated rings. The standard InChI is InChI=1S/C16H19N3O2/c1-11(2)21-14-9-8-13(10-18-14)19-15(16(17)20)12-6-4-3-5-7-12/h3-11,15,19H,1-2H3,(H2,17,20)/t15-/m1/s1. The number of anilines is 1. The van der Waals surface area contributed by atoms with E-state index in [0.717, 1.165) is 5.56 Å². The van der Waals surface area contributed by atoms with Crippen LogP contribution in [0, 0.1) is 0 Å². The van der Waals surface area contributed by atoms with Gasteiger partial charge in [0.05, 0.1) is 18.0 Å². The Bertz CT molecular complexity index is 582. The van der Waals surface area contributed by atoms with Crippen molar-refractivity contribution < 1.29 is 9.53 Å². The molecule has 0 aliphatic heterocycles. The number of pyridine rings is 1. The molecular formula is C16H19N3O2. The SMILES string of the molecule is CC(C)Oc1ccc(N[C@@H](C(N)=O)c2ccccc2)cn1. The summed E-state index contributed by atoms with van der Waals surface area (Å²) in [6.45, 7) is 3.87. The van der Waals surface area contributed by atoms with Crippen LogP contribution in [0.25, 0.3) is 0 Å². The van der Waals surface area contributed by atoms with Crippen molar-refractivity contribution >= 4 is 11.6 Å². The molecule has 2 rings (SSSR count). The van der Waals surface area contributed by atoms with Crippen LogP contribution < -0.4 is 15.8 Å². The van der Waals surface area contributed by atoms with Crippen LogP contribution in [0.3, 0.4) is 0 Å². The molecule has 1 aromatic heterocycles. The van der Waals surface area contributed by atoms with Crippen molar-refractivity contribution in [1.82, 2.24) is 4.98 Å². The molecule has 0 radical (unpaired) electrons. The molecule has 0 unspecified atom stereocenters. The zero-order chi connectivity index (χ0) is 15.2. The summed E-state index contributed by atoms with van der Waals surface area (Å²) in [5.41, 5.74) is 6.99. The highest BCUT2D eigenvalue weighted by Crippen LogP contribution is 2.20. The largest absolute Gasteiger partial charge is 0.475 e. The van der Waals surface area contributed by atoms with Crippen molar-refractivity contribution in [2.24, 2.45) is 5.73 Å². The van der Waals surface area contributed by atoms with E-state index in [0.29, 0.717) is 11.6 Å². The fourth-order valence-electron chi connectivity index (χ4n) is 1.91. The second kappa shape index (κ2) is 6.74. The average molecular weight is 285 g/mol. The van der Waals surface area contributed by atoms with E-state index in [1.54, 1.807) is 12.3 Å². The Labute approximate surface area is 124 Å². The van der Waals surface area contributed by atoms with Crippen LogP contribution in [-0.2, 0) is 4.79 Å². The van der Waals surface area contributed by atoms with E-state index in [4.69, 9.17) is 10.5 Å². The highest BCUT2D eigenvalue weighted by Gasteiger charge is 2.17. The lowest BCUT2D eigenvalue weighted by Crippen LogP contribution is -2.27. The van der Waals surface area contributed by atoms with Crippen LogP contribution >= 0.6 is 0 Å². The Morgan fingerprint density at radius 1 is 1.19 bits per heavy atom. The van der Waals surface area contributed by atoms with Crippen molar-refractivity contribution in [1.29, 1.82) is 0 Å². The summed E-state index contributed by atoms with van der Waals surface area (Å²) in [6.07, 6.45) is 1.69. The van der Waals surface area contributed by atoms with Crippen LogP contribution in [0.5, 0.6) is 5.88 Å². The van der Waals surface area contributed by atoms with Crippen LogP contribution in [-0.4, -0.2) is 17.0 Å². The zero-order valence-electron chi connectivity index (χ0n) is 12.1. The van der Waals surface area contributed by atoms with E-state index >= 15 is 0 Å². The van der Waals surface area contributed by atoms with E-state index in [1.807, 2.05) is 50.2 Å². The second-order valence-corrected chi connectivity index (χ2v) is 4.94. The maximum absolute atomic E-state index is 11.6. The fraction of sp³-hybridized carbons (Fsp3) is 0.250. The first-order chi connectivity index (χ1) is 10.1. The quantitative estimate of drug-likeness (QED) is 0.855. The molecule has 1 amide bonds. The normalized spacial score (nSPS) is 12.0. The third-order valence-electron chi connectivity index (χ3n) is 2.82. The number of aromatic nitrogens is 1. The number of nitrogens with zero attached hydrogens (tertiary/aromatic N) is 1. The molecule has 1 heterocycles. The number of carbonyl (C=O) groups excluding carboxylic acids is 1. The number of hydrogen-bond donors (Lipinski definition) is 2. The van der Waals surface area contributed by atoms with Gasteiger partial charge in [-0.2, -0.15) is 0 Å². The Morgan fingerprint density at radius 3 is 2.43 bits per heavy atom. The lowest BCUT2D eigenvalue weighted by molar-refractivity contribution is -0.118. The predicted octanol–water partition coefficient (Wildman–Crippen LogP) is 2.51. The van der Waals surface area contributed by atoms with Gasteiger partial charge in [0.1, 0.15) is 6.04 Å². The van der Waals surface area contributed by atoms with Gasteiger partial charge in [0.25, 0.3) is 0 Å². The molecule has 21 heavy (non-hydrogen) atoms. The predicted molar refractivity (Wildman–Crippen MR) is 82.0 cm³/mol. The smallest absolute Gasteiger partial charge is 0.244 e. The van der Waals surface area contributed by atoms with E-state index in [1.165, 1.54) is 0 Å². The monoisotopic (exact) mass is 285 g/mol. The van der Waals surface area contributed by atoms with Crippen molar-refractivity contribution in [3.63, 3.8) is 0 Å². The highest BCUT2D eigenvalue weighted by atomic mass is 16.5. The lowest BCUT2D eigenvalue weighted by Gasteiger charge is -2.17. The zero-order valence-corrected chi connectivity index (χ0v) is 12.1. The van der Waals surface area contributed by atoms with Gasteiger partial charge in [-0.15, -0.1) is 0 Å². The molecule has 110 valence electrons. The number of benzene rings is 1. The van der Waals surface area contributed by atoms with Crippen molar-refractivity contribution in [3.05, 3.63) is 54.2 Å². The van der Waals surface area contributed by atoms with Crippen LogP contribution in [0.15, 0.2) is 48.7 Å². The molecular weight excluding hydrogens is 266 g/mol. The minimum Gasteiger partial charge on any atom is -0.475 e. The molecule has 5 heteroatoms. The van der Waals surface area contributed by atoms with Crippen LogP contribution in [0.4, 0.5) is 5.69 Å². The van der Waals surface area contributed by atoms with Gasteiger partial charge in [-0.3, -0.25) is 4.79 Å². The topological polar surface area (TPSA) is 77.2 Å². The first kappa shape index (κ1) is 14.8. The highest BCUT2D eigenvalue weighted by molar-refractivity contribution is 5.84. The molecule has 0 aliphatic carbocycles. The van der Waals surface area contributed by atoms with E-state index in [-0.39, 0.29) is 6.10 Å². The number of carbonyl (C=O) groups is 1. The van der Waals surface area contributed by atoms with Gasteiger partial charge in [-0.05, 0) is 25.5 Å². The summed E-state index contributed by atoms with van der Waals surface area (Å²) in [6, 6.07) is 12.3. The molecule has 0 aliphatic rings. The van der Waals surface area contributed by atoms with Gasteiger partial charge < -0.3 is 15.8 Å². The molecule has 1 aromatic carbocycles. The van der Waals surface area contributed by atoms with Crippen molar-refractivity contribution in [2.75, 3.05) is 5.32 Å². The Morgan fingerprint density at radius 2 is 1.90 bits per heavy atom. The summed E-state index contributed by atoms with van der Waals surface area (Å²) >= 11 is 0. The van der Waals surface area contributed by atoms with Crippen LogP contribution in [0.2, 0.25) is 0 Å². The van der Waals surface area contributed by atoms with Gasteiger partial charge in [0, 0.05) is 6.07 Å². The number of primary amides is 1. The first-order valence-electron chi connectivity index (χ1n) is 6.80. The summed E-state index contributed by atoms with van der Waals surface area (Å²) in [5.74, 6) is 0.106. The summed E-state index contributed by atoms with van der Waals surface area (Å²) < 4.78 is 5.48. The average Bonchev–Trinajstić information content (AvgIpc) is 2.46. The molecule has 0 spiro atoms. The Balaban J connectivity index is 2.13. The molecule has 0 saturated carbocycles. The number of rotatable bonds is 6. The second-order valence-electron chi connectivity index (χ2n) is 4.94. The Hall–Kier alpha value is -2.56. The number of ether oxygens (including phenoxy) is 1. The number of amides is 1. The first-order valence-corrected chi connectivity index (χ1v) is 6.80. The van der Waals surface area contributed by atoms with Gasteiger partial charge in [0.15, 0.2) is 0 Å². The third kappa shape index (κ3) is 4.21. The van der Waals surface area contributed by atoms with E-state index < -0.39 is 11.9 Å². The molecule has 0 bridgehead atoms. The van der Waals surface area contributed by atoms with Gasteiger partial charge in [-0.25, -0.2) is 4.98 Å². The maximum atomic E-state index is 11.6. The number of nitrogens with one attached hydrogen (secondary N) is 1. The molecule has 3 N–H and O–H groups in total. The Kier molecular flexibility index (Phi) is 4.77. The lowest BCUT2D eigenvalue weighted by atomic mass is 10.1. The van der Waals surface area contributed by atoms with Gasteiger partial charge in [0.2, 0.25) is 11.8 Å². The minimum atomic E-state index is -0.593. The minimum absolute atomic E-state index is 0.0685. The van der Waals surface area contributed by atoms with Gasteiger partial charge >= 0.3 is 0 Å².